The van der Waals surface area contributed by atoms with Gasteiger partial charge in [-0.1, -0.05) is 41.4 Å². The van der Waals surface area contributed by atoms with Crippen LogP contribution in [0.1, 0.15) is 30.1 Å². The molecule has 0 bridgehead atoms. The number of ether oxygens (including phenoxy) is 1. The molecule has 1 amide bonds. The topological polar surface area (TPSA) is 92.7 Å². The molecule has 2 N–H and O–H groups in total. The summed E-state index contributed by atoms with van der Waals surface area (Å²) in [6, 6.07) is 4.97. The molecule has 2 aromatic rings. The molecule has 1 heterocycles. The first kappa shape index (κ1) is 22.3. The highest BCUT2D eigenvalue weighted by molar-refractivity contribution is 7.15. The predicted octanol–water partition coefficient (Wildman–Crippen LogP) is 5.50. The van der Waals surface area contributed by atoms with Crippen LogP contribution in [0.25, 0.3) is 11.1 Å². The number of benzene rings is 1. The summed E-state index contributed by atoms with van der Waals surface area (Å²) in [6.07, 6.45) is 4.17. The van der Waals surface area contributed by atoms with E-state index in [0.29, 0.717) is 32.6 Å². The van der Waals surface area contributed by atoms with Crippen molar-refractivity contribution in [3.05, 3.63) is 51.3 Å². The summed E-state index contributed by atoms with van der Waals surface area (Å²) in [7, 11) is 0. The number of carboxylic acid groups (broad SMARTS) is 1. The number of carboxylic acids is 1. The Kier molecular flexibility index (Phi) is 7.18. The quantitative estimate of drug-likeness (QED) is 0.431. The molecule has 0 fully saturated rings. The van der Waals surface area contributed by atoms with Crippen LogP contribution in [-0.4, -0.2) is 29.6 Å². The zero-order valence-electron chi connectivity index (χ0n) is 16.0. The van der Waals surface area contributed by atoms with Crippen molar-refractivity contribution in [2.45, 2.75) is 19.8 Å². The van der Waals surface area contributed by atoms with Crippen molar-refractivity contribution in [3.63, 3.8) is 0 Å². The fourth-order valence-corrected chi connectivity index (χ4v) is 4.57. The number of esters is 1. The molecule has 0 saturated heterocycles. The van der Waals surface area contributed by atoms with Crippen LogP contribution in [0.4, 0.5) is 5.00 Å². The lowest BCUT2D eigenvalue weighted by molar-refractivity contribution is -0.146. The Labute approximate surface area is 187 Å². The van der Waals surface area contributed by atoms with E-state index < -0.39 is 29.7 Å². The molecule has 1 aromatic carbocycles. The minimum absolute atomic E-state index is 0.164. The Bertz CT molecular complexity index is 1020. The van der Waals surface area contributed by atoms with Crippen LogP contribution in [0.15, 0.2) is 35.7 Å². The van der Waals surface area contributed by atoms with Gasteiger partial charge in [0, 0.05) is 10.9 Å². The first-order chi connectivity index (χ1) is 14.3. The molecule has 2 atom stereocenters. The first-order valence-electron chi connectivity index (χ1n) is 9.26. The third-order valence-electron chi connectivity index (χ3n) is 4.82. The molecule has 1 aromatic heterocycles. The van der Waals surface area contributed by atoms with Gasteiger partial charge in [0.05, 0.1) is 28.5 Å². The van der Waals surface area contributed by atoms with E-state index in [1.807, 2.05) is 0 Å². The second-order valence-corrected chi connectivity index (χ2v) is 8.38. The van der Waals surface area contributed by atoms with Crippen LogP contribution >= 0.6 is 34.5 Å². The van der Waals surface area contributed by atoms with Gasteiger partial charge in [-0.25, -0.2) is 4.79 Å². The molecule has 1 aliphatic rings. The Morgan fingerprint density at radius 2 is 1.87 bits per heavy atom. The Morgan fingerprint density at radius 1 is 1.17 bits per heavy atom. The SMILES string of the molecule is CCOC(=O)c1c(-c2ccc(Cl)c(Cl)c2)csc1NC(=O)[C@@H]1CC=CC[C@@H]1C(=O)O. The minimum Gasteiger partial charge on any atom is -0.481 e. The van der Waals surface area contributed by atoms with Gasteiger partial charge in [0.2, 0.25) is 5.91 Å². The van der Waals surface area contributed by atoms with E-state index >= 15 is 0 Å². The van der Waals surface area contributed by atoms with Crippen molar-refractivity contribution in [1.29, 1.82) is 0 Å². The number of allylic oxidation sites excluding steroid dienone is 2. The molecule has 0 saturated carbocycles. The number of carbonyl (C=O) groups excluding carboxylic acids is 2. The third kappa shape index (κ3) is 4.69. The second-order valence-electron chi connectivity index (χ2n) is 6.69. The molecule has 30 heavy (non-hydrogen) atoms. The Hall–Kier alpha value is -2.35. The number of amides is 1. The van der Waals surface area contributed by atoms with Crippen molar-refractivity contribution in [2.75, 3.05) is 11.9 Å². The molecule has 0 aliphatic heterocycles. The highest BCUT2D eigenvalue weighted by Crippen LogP contribution is 2.39. The molecule has 6 nitrogen and oxygen atoms in total. The fraction of sp³-hybridized carbons (Fsp3) is 0.286. The van der Waals surface area contributed by atoms with Crippen molar-refractivity contribution >= 4 is 57.4 Å². The molecule has 158 valence electrons. The van der Waals surface area contributed by atoms with Crippen molar-refractivity contribution < 1.29 is 24.2 Å². The average molecular weight is 468 g/mol. The maximum absolute atomic E-state index is 12.9. The van der Waals surface area contributed by atoms with Crippen molar-refractivity contribution in [1.82, 2.24) is 0 Å². The number of hydrogen-bond donors (Lipinski definition) is 2. The monoisotopic (exact) mass is 467 g/mol. The van der Waals surface area contributed by atoms with E-state index in [4.69, 9.17) is 27.9 Å². The number of hydrogen-bond acceptors (Lipinski definition) is 5. The second kappa shape index (κ2) is 9.64. The Morgan fingerprint density at radius 3 is 2.50 bits per heavy atom. The van der Waals surface area contributed by atoms with Gasteiger partial charge < -0.3 is 15.2 Å². The van der Waals surface area contributed by atoms with Crippen LogP contribution in [0.2, 0.25) is 10.0 Å². The summed E-state index contributed by atoms with van der Waals surface area (Å²) in [6.45, 7) is 1.85. The van der Waals surface area contributed by atoms with Gasteiger partial charge in [0.1, 0.15) is 10.6 Å². The molecule has 0 unspecified atom stereocenters. The standard InChI is InChI=1S/C21H19Cl2NO5S/c1-2-29-21(28)17-14(11-7-8-15(22)16(23)9-11)10-30-19(17)24-18(25)12-5-3-4-6-13(12)20(26)27/h3-4,7-10,12-13H,2,5-6H2,1H3,(H,24,25)(H,26,27)/t12-,13+/m1/s1. The number of carbonyl (C=O) groups is 3. The van der Waals surface area contributed by atoms with E-state index in [2.05, 4.69) is 5.32 Å². The summed E-state index contributed by atoms with van der Waals surface area (Å²) in [4.78, 5) is 37.1. The zero-order valence-corrected chi connectivity index (χ0v) is 18.3. The lowest BCUT2D eigenvalue weighted by atomic mass is 9.82. The molecule has 0 radical (unpaired) electrons. The summed E-state index contributed by atoms with van der Waals surface area (Å²) < 4.78 is 5.18. The number of halogens is 2. The normalized spacial score (nSPS) is 18.1. The van der Waals surface area contributed by atoms with Gasteiger partial charge in [-0.15, -0.1) is 11.3 Å². The van der Waals surface area contributed by atoms with Gasteiger partial charge in [0.25, 0.3) is 0 Å². The molecule has 0 spiro atoms. The minimum atomic E-state index is -1.02. The van der Waals surface area contributed by atoms with Crippen LogP contribution in [0.3, 0.4) is 0 Å². The van der Waals surface area contributed by atoms with E-state index in [9.17, 15) is 19.5 Å². The van der Waals surface area contributed by atoms with E-state index in [1.165, 1.54) is 0 Å². The van der Waals surface area contributed by atoms with Gasteiger partial charge in [-0.3, -0.25) is 9.59 Å². The lowest BCUT2D eigenvalue weighted by Gasteiger charge is -2.24. The number of rotatable bonds is 6. The molecule has 1 aliphatic carbocycles. The highest BCUT2D eigenvalue weighted by Gasteiger charge is 2.35. The first-order valence-corrected chi connectivity index (χ1v) is 10.9. The smallest absolute Gasteiger partial charge is 0.341 e. The maximum atomic E-state index is 12.9. The summed E-state index contributed by atoms with van der Waals surface area (Å²) in [5.41, 5.74) is 1.39. The fourth-order valence-electron chi connectivity index (χ4n) is 3.31. The van der Waals surface area contributed by atoms with Gasteiger partial charge in [-0.2, -0.15) is 0 Å². The number of aliphatic carboxylic acids is 1. The van der Waals surface area contributed by atoms with Crippen molar-refractivity contribution in [3.8, 4) is 11.1 Å². The molecule has 3 rings (SSSR count). The van der Waals surface area contributed by atoms with Crippen LogP contribution in [-0.2, 0) is 14.3 Å². The van der Waals surface area contributed by atoms with Crippen LogP contribution < -0.4 is 5.32 Å². The molecule has 9 heteroatoms. The summed E-state index contributed by atoms with van der Waals surface area (Å²) >= 11 is 13.3. The maximum Gasteiger partial charge on any atom is 0.341 e. The third-order valence-corrected chi connectivity index (χ3v) is 6.46. The average Bonchev–Trinajstić information content (AvgIpc) is 3.13. The van der Waals surface area contributed by atoms with Crippen LogP contribution in [0.5, 0.6) is 0 Å². The van der Waals surface area contributed by atoms with Gasteiger partial charge >= 0.3 is 11.9 Å². The van der Waals surface area contributed by atoms with Crippen molar-refractivity contribution in [2.24, 2.45) is 11.8 Å². The highest BCUT2D eigenvalue weighted by atomic mass is 35.5. The Balaban J connectivity index is 1.96. The van der Waals surface area contributed by atoms with E-state index in [0.717, 1.165) is 11.3 Å². The van der Waals surface area contributed by atoms with Crippen LogP contribution in [0, 0.1) is 11.8 Å². The number of nitrogens with one attached hydrogen (secondary N) is 1. The number of thiophene rings is 1. The molecular formula is C21H19Cl2NO5S. The number of anilines is 1. The van der Waals surface area contributed by atoms with Gasteiger partial charge in [0.15, 0.2) is 0 Å². The zero-order chi connectivity index (χ0) is 21.8. The largest absolute Gasteiger partial charge is 0.481 e. The van der Waals surface area contributed by atoms with Gasteiger partial charge in [-0.05, 0) is 37.5 Å². The van der Waals surface area contributed by atoms with E-state index in [1.54, 1.807) is 42.7 Å². The lowest BCUT2D eigenvalue weighted by Crippen LogP contribution is -2.34. The molecular weight excluding hydrogens is 449 g/mol. The van der Waals surface area contributed by atoms with E-state index in [-0.39, 0.29) is 18.6 Å². The predicted molar refractivity (Wildman–Crippen MR) is 117 cm³/mol. The summed E-state index contributed by atoms with van der Waals surface area (Å²) in [5.74, 6) is -3.59. The summed E-state index contributed by atoms with van der Waals surface area (Å²) in [5, 5.41) is 14.9.